The van der Waals surface area contributed by atoms with Gasteiger partial charge in [-0.15, -0.1) is 0 Å². The van der Waals surface area contributed by atoms with E-state index in [0.717, 1.165) is 12.8 Å². The van der Waals surface area contributed by atoms with E-state index in [1.165, 1.54) is 7.11 Å². The Bertz CT molecular complexity index is 460. The van der Waals surface area contributed by atoms with Gasteiger partial charge in [0.05, 0.1) is 6.54 Å². The number of carboxylic acid groups (broad SMARTS) is 1. The summed E-state index contributed by atoms with van der Waals surface area (Å²) in [5.74, 6) is -0.133. The summed E-state index contributed by atoms with van der Waals surface area (Å²) in [7, 11) is 1.29. The number of aryl methyl sites for hydroxylation is 2. The molecule has 118 valence electrons. The number of amides is 1. The van der Waals surface area contributed by atoms with Crippen molar-refractivity contribution >= 4 is 11.9 Å². The highest BCUT2D eigenvalue weighted by Crippen LogP contribution is 2.04. The summed E-state index contributed by atoms with van der Waals surface area (Å²) in [6, 6.07) is 0. The van der Waals surface area contributed by atoms with Crippen molar-refractivity contribution in [3.63, 3.8) is 0 Å². The number of methoxy groups -OCH3 is 1. The standard InChI is InChI=1S/C13H21N3O5/c1-3-5-10-15-12(21-16-10)7-4-6-11(17)14-8-9(20-2)13(18)19/h9H,3-8H2,1-2H3,(H,14,17)(H,18,19). The zero-order chi connectivity index (χ0) is 15.7. The molecule has 1 aromatic rings. The third-order valence-electron chi connectivity index (χ3n) is 2.82. The molecule has 1 heterocycles. The third kappa shape index (κ3) is 6.35. The molecule has 0 saturated heterocycles. The van der Waals surface area contributed by atoms with Gasteiger partial charge in [-0.1, -0.05) is 12.1 Å². The van der Waals surface area contributed by atoms with Gasteiger partial charge >= 0.3 is 5.97 Å². The van der Waals surface area contributed by atoms with Crippen LogP contribution in [0, 0.1) is 0 Å². The molecule has 0 radical (unpaired) electrons. The fourth-order valence-electron chi connectivity index (χ4n) is 1.68. The minimum atomic E-state index is -1.10. The highest BCUT2D eigenvalue weighted by atomic mass is 16.5. The number of aliphatic carboxylic acids is 1. The smallest absolute Gasteiger partial charge is 0.334 e. The molecule has 0 saturated carbocycles. The van der Waals surface area contributed by atoms with Crippen molar-refractivity contribution in [1.82, 2.24) is 15.5 Å². The molecule has 0 aromatic carbocycles. The predicted octanol–water partition coefficient (Wildman–Crippen LogP) is 0.561. The first-order valence-electron chi connectivity index (χ1n) is 6.90. The molecule has 1 amide bonds. The molecule has 0 aliphatic heterocycles. The van der Waals surface area contributed by atoms with Gasteiger partial charge in [0, 0.05) is 26.4 Å². The molecule has 8 heteroatoms. The van der Waals surface area contributed by atoms with Gasteiger partial charge in [0.2, 0.25) is 11.8 Å². The second kappa shape index (κ2) is 9.06. The van der Waals surface area contributed by atoms with Crippen molar-refractivity contribution in [2.45, 2.75) is 45.1 Å². The zero-order valence-corrected chi connectivity index (χ0v) is 12.3. The van der Waals surface area contributed by atoms with E-state index >= 15 is 0 Å². The minimum absolute atomic E-state index is 0.0497. The molecule has 1 rings (SSSR count). The number of hydrogen-bond acceptors (Lipinski definition) is 6. The molecular weight excluding hydrogens is 278 g/mol. The van der Waals surface area contributed by atoms with Crippen LogP contribution in [0.25, 0.3) is 0 Å². The van der Waals surface area contributed by atoms with E-state index in [4.69, 9.17) is 14.4 Å². The monoisotopic (exact) mass is 299 g/mol. The van der Waals surface area contributed by atoms with E-state index in [-0.39, 0.29) is 18.9 Å². The average Bonchev–Trinajstić information content (AvgIpc) is 2.87. The van der Waals surface area contributed by atoms with Crippen molar-refractivity contribution < 1.29 is 24.0 Å². The number of hydrogen-bond donors (Lipinski definition) is 2. The maximum atomic E-state index is 11.6. The molecular formula is C13H21N3O5. The van der Waals surface area contributed by atoms with Crippen molar-refractivity contribution in [1.29, 1.82) is 0 Å². The lowest BCUT2D eigenvalue weighted by molar-refractivity contribution is -0.148. The fourth-order valence-corrected chi connectivity index (χ4v) is 1.68. The zero-order valence-electron chi connectivity index (χ0n) is 12.3. The molecule has 1 unspecified atom stereocenters. The van der Waals surface area contributed by atoms with Crippen LogP contribution in [0.3, 0.4) is 0 Å². The number of ether oxygens (including phenoxy) is 1. The van der Waals surface area contributed by atoms with E-state index in [9.17, 15) is 9.59 Å². The van der Waals surface area contributed by atoms with Gasteiger partial charge in [0.15, 0.2) is 11.9 Å². The Morgan fingerprint density at radius 3 is 2.81 bits per heavy atom. The molecule has 0 fully saturated rings. The van der Waals surface area contributed by atoms with Crippen LogP contribution in [0.5, 0.6) is 0 Å². The Labute approximate surface area is 122 Å². The highest BCUT2D eigenvalue weighted by molar-refractivity contribution is 5.78. The van der Waals surface area contributed by atoms with Crippen LogP contribution < -0.4 is 5.32 Å². The first-order chi connectivity index (χ1) is 10.1. The molecule has 1 atom stereocenters. The van der Waals surface area contributed by atoms with Crippen LogP contribution in [0.4, 0.5) is 0 Å². The van der Waals surface area contributed by atoms with Crippen molar-refractivity contribution in [2.24, 2.45) is 0 Å². The van der Waals surface area contributed by atoms with Gasteiger partial charge in [-0.2, -0.15) is 4.98 Å². The van der Waals surface area contributed by atoms with Gasteiger partial charge in [-0.25, -0.2) is 4.79 Å². The van der Waals surface area contributed by atoms with Crippen molar-refractivity contribution in [2.75, 3.05) is 13.7 Å². The number of aromatic nitrogens is 2. The second-order valence-electron chi connectivity index (χ2n) is 4.57. The normalized spacial score (nSPS) is 12.1. The topological polar surface area (TPSA) is 115 Å². The lowest BCUT2D eigenvalue weighted by Gasteiger charge is -2.11. The molecule has 1 aromatic heterocycles. The fraction of sp³-hybridized carbons (Fsp3) is 0.692. The van der Waals surface area contributed by atoms with Crippen LogP contribution in [0.1, 0.15) is 37.9 Å². The molecule has 0 aliphatic rings. The van der Waals surface area contributed by atoms with Crippen molar-refractivity contribution in [3.05, 3.63) is 11.7 Å². The van der Waals surface area contributed by atoms with E-state index in [2.05, 4.69) is 15.5 Å². The molecule has 2 N–H and O–H groups in total. The summed E-state index contributed by atoms with van der Waals surface area (Å²) in [5.41, 5.74) is 0. The number of carbonyl (C=O) groups excluding carboxylic acids is 1. The summed E-state index contributed by atoms with van der Waals surface area (Å²) in [4.78, 5) is 26.5. The van der Waals surface area contributed by atoms with Crippen molar-refractivity contribution in [3.8, 4) is 0 Å². The van der Waals surface area contributed by atoms with Gasteiger partial charge < -0.3 is 19.7 Å². The molecule has 8 nitrogen and oxygen atoms in total. The number of carboxylic acids is 1. The lowest BCUT2D eigenvalue weighted by Crippen LogP contribution is -2.37. The minimum Gasteiger partial charge on any atom is -0.479 e. The Morgan fingerprint density at radius 1 is 1.43 bits per heavy atom. The largest absolute Gasteiger partial charge is 0.479 e. The Kier molecular flexibility index (Phi) is 7.38. The number of nitrogens with one attached hydrogen (secondary N) is 1. The Morgan fingerprint density at radius 2 is 2.19 bits per heavy atom. The molecule has 0 aliphatic carbocycles. The number of carbonyl (C=O) groups is 2. The molecule has 0 spiro atoms. The van der Waals surface area contributed by atoms with Gasteiger partial charge in [-0.3, -0.25) is 4.79 Å². The van der Waals surface area contributed by atoms with Gasteiger partial charge in [0.1, 0.15) is 0 Å². The van der Waals surface area contributed by atoms with Gasteiger partial charge in [0.25, 0.3) is 0 Å². The van der Waals surface area contributed by atoms with Crippen LogP contribution in [-0.2, 0) is 27.2 Å². The van der Waals surface area contributed by atoms with Crippen LogP contribution in [0.15, 0.2) is 4.52 Å². The van der Waals surface area contributed by atoms with Crippen LogP contribution in [0.2, 0.25) is 0 Å². The van der Waals surface area contributed by atoms with Crippen LogP contribution in [-0.4, -0.2) is 46.9 Å². The quantitative estimate of drug-likeness (QED) is 0.648. The SMILES string of the molecule is CCCc1noc(CCCC(=O)NCC(OC)C(=O)O)n1. The highest BCUT2D eigenvalue weighted by Gasteiger charge is 2.17. The predicted molar refractivity (Wildman–Crippen MR) is 72.7 cm³/mol. The lowest BCUT2D eigenvalue weighted by atomic mass is 10.2. The summed E-state index contributed by atoms with van der Waals surface area (Å²) in [6.45, 7) is 1.98. The maximum Gasteiger partial charge on any atom is 0.334 e. The summed E-state index contributed by atoms with van der Waals surface area (Å²) in [5, 5.41) is 15.1. The summed E-state index contributed by atoms with van der Waals surface area (Å²) in [6.07, 6.45) is 2.05. The third-order valence-corrected chi connectivity index (χ3v) is 2.82. The average molecular weight is 299 g/mol. The molecule has 21 heavy (non-hydrogen) atoms. The van der Waals surface area contributed by atoms with E-state index < -0.39 is 12.1 Å². The molecule has 0 bridgehead atoms. The summed E-state index contributed by atoms with van der Waals surface area (Å²) >= 11 is 0. The Hall–Kier alpha value is -1.96. The van der Waals surface area contributed by atoms with E-state index in [1.807, 2.05) is 6.92 Å². The van der Waals surface area contributed by atoms with E-state index in [1.54, 1.807) is 0 Å². The van der Waals surface area contributed by atoms with E-state index in [0.29, 0.717) is 24.6 Å². The Balaban J connectivity index is 2.22. The number of nitrogens with zero attached hydrogens (tertiary/aromatic N) is 2. The summed E-state index contributed by atoms with van der Waals surface area (Å²) < 4.78 is 9.77. The number of rotatable bonds is 10. The second-order valence-corrected chi connectivity index (χ2v) is 4.57. The van der Waals surface area contributed by atoms with Crippen LogP contribution >= 0.6 is 0 Å². The first-order valence-corrected chi connectivity index (χ1v) is 6.90. The maximum absolute atomic E-state index is 11.6. The first kappa shape index (κ1) is 17.1. The van der Waals surface area contributed by atoms with Gasteiger partial charge in [-0.05, 0) is 12.8 Å².